The van der Waals surface area contributed by atoms with Crippen molar-refractivity contribution in [2.75, 3.05) is 7.11 Å². The normalized spacial score (nSPS) is 11.9. The molecule has 0 aliphatic carbocycles. The molecule has 3 aromatic carbocycles. The van der Waals surface area contributed by atoms with Gasteiger partial charge in [0.25, 0.3) is 0 Å². The maximum atomic E-state index is 13.3. The van der Waals surface area contributed by atoms with E-state index in [9.17, 15) is 20.1 Å². The van der Waals surface area contributed by atoms with Gasteiger partial charge in [0, 0.05) is 27.2 Å². The zero-order valence-corrected chi connectivity index (χ0v) is 22.5. The molecule has 0 radical (unpaired) electrons. The Kier molecular flexibility index (Phi) is 8.57. The summed E-state index contributed by atoms with van der Waals surface area (Å²) in [6, 6.07) is 22.5. The predicted molar refractivity (Wildman–Crippen MR) is 150 cm³/mol. The van der Waals surface area contributed by atoms with E-state index >= 15 is 0 Å². The number of benzene rings is 3. The number of ether oxygens (including phenoxy) is 2. The molecule has 0 amide bonds. The van der Waals surface area contributed by atoms with Crippen LogP contribution in [0, 0.1) is 22.7 Å². The Morgan fingerprint density at radius 1 is 1.10 bits per heavy atom. The molecule has 0 saturated carbocycles. The van der Waals surface area contributed by atoms with Gasteiger partial charge in [0.1, 0.15) is 18.4 Å². The lowest BCUT2D eigenvalue weighted by Gasteiger charge is -2.12. The number of nitrogens with zero attached hydrogens (tertiary/aromatic N) is 3. The SMILES string of the molecule is COc1ccc(C#N)cc1/C=C(\C#N)c1cn(C(=O)C[C@@H](N)C(=O)OCc2ccccc2)c2ccc(Br)cc12. The first-order chi connectivity index (χ1) is 18.8. The summed E-state index contributed by atoms with van der Waals surface area (Å²) in [4.78, 5) is 25.8. The minimum atomic E-state index is -1.17. The second kappa shape index (κ2) is 12.2. The molecular weight excluding hydrogens is 560 g/mol. The predicted octanol–water partition coefficient (Wildman–Crippen LogP) is 5.45. The summed E-state index contributed by atoms with van der Waals surface area (Å²) in [7, 11) is 1.50. The van der Waals surface area contributed by atoms with Crippen LogP contribution in [0.5, 0.6) is 5.75 Å². The van der Waals surface area contributed by atoms with Crippen LogP contribution in [0.25, 0.3) is 22.6 Å². The van der Waals surface area contributed by atoms with Gasteiger partial charge in [0.2, 0.25) is 5.91 Å². The molecule has 0 unspecified atom stereocenters. The molecule has 4 rings (SSSR count). The third-order valence-corrected chi connectivity index (χ3v) is 6.52. The number of nitrogens with two attached hydrogens (primary N) is 1. The van der Waals surface area contributed by atoms with E-state index in [1.54, 1.807) is 48.7 Å². The van der Waals surface area contributed by atoms with Gasteiger partial charge in [-0.15, -0.1) is 0 Å². The second-order valence-corrected chi connectivity index (χ2v) is 9.53. The Labute approximate surface area is 233 Å². The molecule has 39 heavy (non-hydrogen) atoms. The Balaban J connectivity index is 1.65. The molecule has 4 aromatic rings. The maximum Gasteiger partial charge on any atom is 0.323 e. The third-order valence-electron chi connectivity index (χ3n) is 6.03. The first-order valence-corrected chi connectivity index (χ1v) is 12.6. The fourth-order valence-electron chi connectivity index (χ4n) is 4.07. The highest BCUT2D eigenvalue weighted by Crippen LogP contribution is 2.33. The van der Waals surface area contributed by atoms with Crippen molar-refractivity contribution in [1.82, 2.24) is 4.57 Å². The highest BCUT2D eigenvalue weighted by molar-refractivity contribution is 9.10. The Bertz CT molecular complexity index is 1660. The van der Waals surface area contributed by atoms with E-state index < -0.39 is 17.9 Å². The van der Waals surface area contributed by atoms with E-state index in [4.69, 9.17) is 15.2 Å². The van der Waals surface area contributed by atoms with Crippen molar-refractivity contribution in [3.05, 3.63) is 99.7 Å². The summed E-state index contributed by atoms with van der Waals surface area (Å²) in [5, 5.41) is 20.0. The van der Waals surface area contributed by atoms with E-state index in [1.165, 1.54) is 11.7 Å². The van der Waals surface area contributed by atoms with Gasteiger partial charge < -0.3 is 15.2 Å². The molecule has 1 atom stereocenters. The van der Waals surface area contributed by atoms with Crippen molar-refractivity contribution in [3.63, 3.8) is 0 Å². The molecule has 0 aliphatic heterocycles. The maximum absolute atomic E-state index is 13.3. The van der Waals surface area contributed by atoms with E-state index in [-0.39, 0.29) is 18.6 Å². The lowest BCUT2D eigenvalue weighted by atomic mass is 10.0. The number of methoxy groups -OCH3 is 1. The van der Waals surface area contributed by atoms with Crippen molar-refractivity contribution in [3.8, 4) is 17.9 Å². The number of hydrogen-bond donors (Lipinski definition) is 1. The summed E-state index contributed by atoms with van der Waals surface area (Å²) in [5.74, 6) is -0.629. The van der Waals surface area contributed by atoms with Crippen LogP contribution in [0.2, 0.25) is 0 Å². The van der Waals surface area contributed by atoms with Crippen LogP contribution in [0.3, 0.4) is 0 Å². The molecule has 1 heterocycles. The molecule has 194 valence electrons. The van der Waals surface area contributed by atoms with Gasteiger partial charge >= 0.3 is 5.97 Å². The van der Waals surface area contributed by atoms with Gasteiger partial charge in [-0.05, 0) is 48.0 Å². The monoisotopic (exact) mass is 582 g/mol. The number of nitriles is 2. The fourth-order valence-corrected chi connectivity index (χ4v) is 4.43. The van der Waals surface area contributed by atoms with Crippen molar-refractivity contribution in [2.45, 2.75) is 19.1 Å². The summed E-state index contributed by atoms with van der Waals surface area (Å²) in [6.07, 6.45) is 2.87. The van der Waals surface area contributed by atoms with Gasteiger partial charge in [-0.3, -0.25) is 14.2 Å². The van der Waals surface area contributed by atoms with Crippen LogP contribution in [-0.4, -0.2) is 29.6 Å². The summed E-state index contributed by atoms with van der Waals surface area (Å²) < 4.78 is 12.8. The van der Waals surface area contributed by atoms with Gasteiger partial charge in [0.15, 0.2) is 0 Å². The number of carbonyl (C=O) groups excluding carboxylic acids is 2. The van der Waals surface area contributed by atoms with Crippen molar-refractivity contribution in [1.29, 1.82) is 10.5 Å². The van der Waals surface area contributed by atoms with E-state index in [2.05, 4.69) is 28.1 Å². The number of esters is 1. The minimum Gasteiger partial charge on any atom is -0.496 e. The Morgan fingerprint density at radius 2 is 1.87 bits per heavy atom. The summed E-state index contributed by atoms with van der Waals surface area (Å²) >= 11 is 3.45. The Hall–Kier alpha value is -4.70. The summed E-state index contributed by atoms with van der Waals surface area (Å²) in [5.41, 5.74) is 9.07. The molecule has 0 aliphatic rings. The molecule has 0 spiro atoms. The molecule has 2 N–H and O–H groups in total. The zero-order chi connectivity index (χ0) is 27.9. The van der Waals surface area contributed by atoms with E-state index in [0.717, 1.165) is 10.0 Å². The van der Waals surface area contributed by atoms with Crippen LogP contribution in [0.1, 0.15) is 33.5 Å². The average molecular weight is 583 g/mol. The highest BCUT2D eigenvalue weighted by Gasteiger charge is 2.23. The first-order valence-electron chi connectivity index (χ1n) is 11.8. The van der Waals surface area contributed by atoms with Crippen LogP contribution >= 0.6 is 15.9 Å². The molecule has 1 aromatic heterocycles. The van der Waals surface area contributed by atoms with Crippen LogP contribution < -0.4 is 10.5 Å². The number of carbonyl (C=O) groups is 2. The number of halogens is 1. The quantitative estimate of drug-likeness (QED) is 0.216. The number of hydrogen-bond acceptors (Lipinski definition) is 7. The molecular formula is C30H23BrN4O4. The van der Waals surface area contributed by atoms with Crippen molar-refractivity contribution < 1.29 is 19.1 Å². The van der Waals surface area contributed by atoms with Gasteiger partial charge in [-0.25, -0.2) is 0 Å². The number of aromatic nitrogens is 1. The average Bonchev–Trinajstić information content (AvgIpc) is 3.33. The van der Waals surface area contributed by atoms with Crippen molar-refractivity contribution in [2.24, 2.45) is 5.73 Å². The number of fused-ring (bicyclic) bond motifs is 1. The summed E-state index contributed by atoms with van der Waals surface area (Å²) in [6.45, 7) is 0.0545. The molecule has 0 bridgehead atoms. The first kappa shape index (κ1) is 27.3. The van der Waals surface area contributed by atoms with Gasteiger partial charge in [0.05, 0.1) is 42.3 Å². The topological polar surface area (TPSA) is 131 Å². The van der Waals surface area contributed by atoms with Crippen LogP contribution in [0.15, 0.2) is 77.4 Å². The van der Waals surface area contributed by atoms with Crippen LogP contribution in [0.4, 0.5) is 0 Å². The lowest BCUT2D eigenvalue weighted by molar-refractivity contribution is -0.146. The molecule has 0 saturated heterocycles. The molecule has 0 fully saturated rings. The van der Waals surface area contributed by atoms with E-state index in [1.807, 2.05) is 30.3 Å². The molecule has 8 nitrogen and oxygen atoms in total. The standard InChI is InChI=1S/C30H23BrN4O4/c1-38-28-10-7-20(15-32)11-21(28)12-22(16-33)25-17-35(27-9-8-23(31)13-24(25)27)29(36)14-26(34)30(37)39-18-19-5-3-2-4-6-19/h2-13,17,26H,14,18,34H2,1H3/b22-12+/t26-/m1/s1. The number of rotatable bonds is 8. The second-order valence-electron chi connectivity index (χ2n) is 8.61. The third kappa shape index (κ3) is 6.24. The van der Waals surface area contributed by atoms with E-state index in [0.29, 0.717) is 33.3 Å². The largest absolute Gasteiger partial charge is 0.496 e. The minimum absolute atomic E-state index is 0.0545. The smallest absolute Gasteiger partial charge is 0.323 e. The van der Waals surface area contributed by atoms with Gasteiger partial charge in [-0.1, -0.05) is 46.3 Å². The zero-order valence-electron chi connectivity index (χ0n) is 20.9. The molecule has 9 heteroatoms. The van der Waals surface area contributed by atoms with Crippen LogP contribution in [-0.2, 0) is 16.1 Å². The van der Waals surface area contributed by atoms with Gasteiger partial charge in [-0.2, -0.15) is 10.5 Å². The number of allylic oxidation sites excluding steroid dienone is 1. The highest BCUT2D eigenvalue weighted by atomic mass is 79.9. The lowest BCUT2D eigenvalue weighted by Crippen LogP contribution is -2.35. The fraction of sp³-hybridized carbons (Fsp3) is 0.133. The van der Waals surface area contributed by atoms with Crippen molar-refractivity contribution >= 4 is 50.4 Å². The Morgan fingerprint density at radius 3 is 2.56 bits per heavy atom.